The number of hydrogen-bond donors (Lipinski definition) is 1. The first-order valence-electron chi connectivity index (χ1n) is 4.36. The molecule has 0 aromatic rings. The predicted molar refractivity (Wildman–Crippen MR) is 44.6 cm³/mol. The maximum Gasteiger partial charge on any atom is 0.397 e. The zero-order chi connectivity index (χ0) is 11.2. The van der Waals surface area contributed by atoms with E-state index in [1.807, 2.05) is 0 Å². The Labute approximate surface area is 80.5 Å². The van der Waals surface area contributed by atoms with Crippen LogP contribution >= 0.6 is 0 Å². The highest BCUT2D eigenvalue weighted by Gasteiger charge is 2.32. The SMILES string of the molecule is CCN(CCCO)C(=O)CC(F)(F)F. The molecule has 0 fully saturated rings. The van der Waals surface area contributed by atoms with Crippen molar-refractivity contribution in [3.05, 3.63) is 0 Å². The minimum Gasteiger partial charge on any atom is -0.396 e. The Bertz CT molecular complexity index is 182. The fraction of sp³-hybridized carbons (Fsp3) is 0.875. The van der Waals surface area contributed by atoms with Crippen LogP contribution in [0.3, 0.4) is 0 Å². The Balaban J connectivity index is 4.04. The van der Waals surface area contributed by atoms with Crippen molar-refractivity contribution in [3.8, 4) is 0 Å². The van der Waals surface area contributed by atoms with Gasteiger partial charge in [0.2, 0.25) is 5.91 Å². The molecule has 0 aliphatic rings. The molecule has 0 saturated carbocycles. The molecule has 0 aromatic heterocycles. The summed E-state index contributed by atoms with van der Waals surface area (Å²) in [6.07, 6.45) is -5.58. The molecule has 0 heterocycles. The van der Waals surface area contributed by atoms with Gasteiger partial charge in [0.15, 0.2) is 0 Å². The highest BCUT2D eigenvalue weighted by molar-refractivity contribution is 5.76. The number of nitrogens with zero attached hydrogens (tertiary/aromatic N) is 1. The Morgan fingerprint density at radius 2 is 2.00 bits per heavy atom. The zero-order valence-corrected chi connectivity index (χ0v) is 7.97. The van der Waals surface area contributed by atoms with Crippen LogP contribution in [0.1, 0.15) is 19.8 Å². The lowest BCUT2D eigenvalue weighted by molar-refractivity contribution is -0.161. The number of amides is 1. The molecule has 0 aliphatic carbocycles. The van der Waals surface area contributed by atoms with Crippen LogP contribution in [0.25, 0.3) is 0 Å². The van der Waals surface area contributed by atoms with Gasteiger partial charge in [0.1, 0.15) is 6.42 Å². The first-order valence-corrected chi connectivity index (χ1v) is 4.36. The van der Waals surface area contributed by atoms with Gasteiger partial charge in [-0.05, 0) is 13.3 Å². The second-order valence-electron chi connectivity index (χ2n) is 2.84. The van der Waals surface area contributed by atoms with Crippen molar-refractivity contribution >= 4 is 5.91 Å². The predicted octanol–water partition coefficient (Wildman–Crippen LogP) is 1.17. The van der Waals surface area contributed by atoms with E-state index in [9.17, 15) is 18.0 Å². The molecule has 0 rings (SSSR count). The third-order valence-corrected chi connectivity index (χ3v) is 1.67. The third kappa shape index (κ3) is 5.80. The summed E-state index contributed by atoms with van der Waals surface area (Å²) in [6.45, 7) is 1.87. The van der Waals surface area contributed by atoms with Crippen molar-refractivity contribution in [2.45, 2.75) is 25.9 Å². The van der Waals surface area contributed by atoms with Gasteiger partial charge in [-0.2, -0.15) is 13.2 Å². The van der Waals surface area contributed by atoms with Crippen molar-refractivity contribution in [1.29, 1.82) is 0 Å². The molecule has 1 amide bonds. The second kappa shape index (κ2) is 5.85. The highest BCUT2D eigenvalue weighted by atomic mass is 19.4. The third-order valence-electron chi connectivity index (χ3n) is 1.67. The van der Waals surface area contributed by atoms with E-state index in [1.165, 1.54) is 0 Å². The van der Waals surface area contributed by atoms with E-state index in [1.54, 1.807) is 6.92 Å². The molecule has 14 heavy (non-hydrogen) atoms. The summed E-state index contributed by atoms with van der Waals surface area (Å²) in [6, 6.07) is 0. The first kappa shape index (κ1) is 13.2. The molecule has 0 radical (unpaired) electrons. The summed E-state index contributed by atoms with van der Waals surface area (Å²) in [4.78, 5) is 12.1. The van der Waals surface area contributed by atoms with Gasteiger partial charge in [-0.1, -0.05) is 0 Å². The zero-order valence-electron chi connectivity index (χ0n) is 7.97. The summed E-state index contributed by atoms with van der Waals surface area (Å²) >= 11 is 0. The average Bonchev–Trinajstić information content (AvgIpc) is 2.02. The van der Waals surface area contributed by atoms with Gasteiger partial charge >= 0.3 is 6.18 Å². The Morgan fingerprint density at radius 3 is 2.36 bits per heavy atom. The van der Waals surface area contributed by atoms with Crippen LogP contribution in [0.5, 0.6) is 0 Å². The number of hydrogen-bond acceptors (Lipinski definition) is 2. The van der Waals surface area contributed by atoms with Crippen LogP contribution < -0.4 is 0 Å². The molecule has 1 N–H and O–H groups in total. The van der Waals surface area contributed by atoms with Crippen LogP contribution in [0.4, 0.5) is 13.2 Å². The number of aliphatic hydroxyl groups excluding tert-OH is 1. The van der Waals surface area contributed by atoms with Crippen molar-refractivity contribution in [3.63, 3.8) is 0 Å². The van der Waals surface area contributed by atoms with Gasteiger partial charge < -0.3 is 10.0 Å². The topological polar surface area (TPSA) is 40.5 Å². The van der Waals surface area contributed by atoms with Crippen molar-refractivity contribution in [2.75, 3.05) is 19.7 Å². The molecule has 3 nitrogen and oxygen atoms in total. The normalized spacial score (nSPS) is 11.5. The summed E-state index contributed by atoms with van der Waals surface area (Å²) in [5, 5.41) is 8.46. The first-order chi connectivity index (χ1) is 6.40. The van der Waals surface area contributed by atoms with E-state index >= 15 is 0 Å². The van der Waals surface area contributed by atoms with Crippen molar-refractivity contribution < 1.29 is 23.1 Å². The molecular formula is C8H14F3NO2. The lowest BCUT2D eigenvalue weighted by Crippen LogP contribution is -2.35. The molecular weight excluding hydrogens is 199 g/mol. The number of aliphatic hydroxyl groups is 1. The van der Waals surface area contributed by atoms with Gasteiger partial charge in [0.05, 0.1) is 0 Å². The van der Waals surface area contributed by atoms with Crippen molar-refractivity contribution in [1.82, 2.24) is 4.90 Å². The molecule has 0 bridgehead atoms. The Kier molecular flexibility index (Phi) is 5.52. The Morgan fingerprint density at radius 1 is 1.43 bits per heavy atom. The average molecular weight is 213 g/mol. The van der Waals surface area contributed by atoms with E-state index in [2.05, 4.69) is 0 Å². The number of carbonyl (C=O) groups excluding carboxylic acids is 1. The van der Waals surface area contributed by atoms with Gasteiger partial charge in [0, 0.05) is 19.7 Å². The number of carbonyl (C=O) groups is 1. The Hall–Kier alpha value is -0.780. The second-order valence-corrected chi connectivity index (χ2v) is 2.84. The molecule has 0 aromatic carbocycles. The molecule has 6 heteroatoms. The lowest BCUT2D eigenvalue weighted by Gasteiger charge is -2.20. The van der Waals surface area contributed by atoms with Crippen LogP contribution in [0.15, 0.2) is 0 Å². The summed E-state index contributed by atoms with van der Waals surface area (Å²) in [7, 11) is 0. The van der Waals surface area contributed by atoms with Crippen LogP contribution in [-0.4, -0.2) is 41.8 Å². The number of alkyl halides is 3. The van der Waals surface area contributed by atoms with E-state index in [-0.39, 0.29) is 19.7 Å². The quantitative estimate of drug-likeness (QED) is 0.744. The van der Waals surface area contributed by atoms with Gasteiger partial charge in [-0.15, -0.1) is 0 Å². The molecule has 0 spiro atoms. The van der Waals surface area contributed by atoms with Crippen LogP contribution in [0.2, 0.25) is 0 Å². The van der Waals surface area contributed by atoms with Crippen LogP contribution in [0, 0.1) is 0 Å². The molecule has 0 saturated heterocycles. The lowest BCUT2D eigenvalue weighted by atomic mass is 10.3. The summed E-state index contributed by atoms with van der Waals surface area (Å²) in [5.74, 6) is -0.937. The molecule has 0 atom stereocenters. The van der Waals surface area contributed by atoms with Crippen LogP contribution in [-0.2, 0) is 4.79 Å². The van der Waals surface area contributed by atoms with Gasteiger partial charge in [-0.25, -0.2) is 0 Å². The number of rotatable bonds is 5. The van der Waals surface area contributed by atoms with Crippen molar-refractivity contribution in [2.24, 2.45) is 0 Å². The number of halogens is 3. The molecule has 0 aliphatic heterocycles. The summed E-state index contributed by atoms with van der Waals surface area (Å²) in [5.41, 5.74) is 0. The fourth-order valence-electron chi connectivity index (χ4n) is 1.00. The van der Waals surface area contributed by atoms with E-state index in [0.717, 1.165) is 4.90 Å². The van der Waals surface area contributed by atoms with Gasteiger partial charge in [-0.3, -0.25) is 4.79 Å². The van der Waals surface area contributed by atoms with E-state index < -0.39 is 18.5 Å². The monoisotopic (exact) mass is 213 g/mol. The molecule has 0 unspecified atom stereocenters. The van der Waals surface area contributed by atoms with E-state index in [0.29, 0.717) is 6.42 Å². The maximum absolute atomic E-state index is 11.8. The highest BCUT2D eigenvalue weighted by Crippen LogP contribution is 2.20. The summed E-state index contributed by atoms with van der Waals surface area (Å²) < 4.78 is 35.5. The minimum absolute atomic E-state index is 0.129. The standard InChI is InChI=1S/C8H14F3NO2/c1-2-12(4-3-5-13)7(14)6-8(9,10)11/h13H,2-6H2,1H3. The van der Waals surface area contributed by atoms with E-state index in [4.69, 9.17) is 5.11 Å². The largest absolute Gasteiger partial charge is 0.397 e. The fourth-order valence-corrected chi connectivity index (χ4v) is 1.00. The maximum atomic E-state index is 11.8. The minimum atomic E-state index is -4.45. The smallest absolute Gasteiger partial charge is 0.396 e. The van der Waals surface area contributed by atoms with Gasteiger partial charge in [0.25, 0.3) is 0 Å². The molecule has 84 valence electrons.